The molecule has 0 N–H and O–H groups in total. The van der Waals surface area contributed by atoms with E-state index in [9.17, 15) is 14.4 Å². The summed E-state index contributed by atoms with van der Waals surface area (Å²) in [6.45, 7) is 6.63. The normalized spacial score (nSPS) is 21.1. The van der Waals surface area contributed by atoms with Crippen molar-refractivity contribution < 1.29 is 33.3 Å². The topological polar surface area (TPSA) is 111 Å². The Morgan fingerprint density at radius 3 is 2.54 bits per heavy atom. The minimum atomic E-state index is -0.613. The molecule has 3 aliphatic heterocycles. The first-order valence-corrected chi connectivity index (χ1v) is 12.1. The molecule has 0 radical (unpaired) electrons. The lowest BCUT2D eigenvalue weighted by Gasteiger charge is -2.34. The van der Waals surface area contributed by atoms with Gasteiger partial charge in [0.1, 0.15) is 23.3 Å². The average Bonchev–Trinajstić information content (AvgIpc) is 3.27. The summed E-state index contributed by atoms with van der Waals surface area (Å²) >= 11 is 0. The highest BCUT2D eigenvalue weighted by Gasteiger charge is 2.45. The molecule has 196 valence electrons. The first-order chi connectivity index (χ1) is 17.6. The number of amides is 3. The van der Waals surface area contributed by atoms with E-state index in [0.29, 0.717) is 30.5 Å². The summed E-state index contributed by atoms with van der Waals surface area (Å²) in [6.07, 6.45) is -1.39. The Morgan fingerprint density at radius 1 is 1.08 bits per heavy atom. The standard InChI is InChI=1S/C26H30N4O7/c1-26(2,3)37-24(32)28-12-17-13-29(25(33)36-20(17)14-28)21-10-9-19-23(27-21)30(22(31)15-35-19)11-16-5-7-18(34-4)8-6-16/h5-10,17,20H,11-15H2,1-4H3/t17-,20+/m0/s1. The van der Waals surface area contributed by atoms with Crippen molar-refractivity contribution in [1.29, 1.82) is 0 Å². The fourth-order valence-corrected chi connectivity index (χ4v) is 4.61. The van der Waals surface area contributed by atoms with E-state index < -0.39 is 23.9 Å². The van der Waals surface area contributed by atoms with Gasteiger partial charge in [0.2, 0.25) is 0 Å². The van der Waals surface area contributed by atoms with Gasteiger partial charge >= 0.3 is 12.2 Å². The summed E-state index contributed by atoms with van der Waals surface area (Å²) in [5.74, 6) is 1.51. The Balaban J connectivity index is 1.34. The highest BCUT2D eigenvalue weighted by Crippen LogP contribution is 2.36. The third-order valence-electron chi connectivity index (χ3n) is 6.43. The summed E-state index contributed by atoms with van der Waals surface area (Å²) < 4.78 is 21.9. The fourth-order valence-electron chi connectivity index (χ4n) is 4.61. The van der Waals surface area contributed by atoms with Crippen LogP contribution >= 0.6 is 0 Å². The molecule has 11 heteroatoms. The highest BCUT2D eigenvalue weighted by molar-refractivity contribution is 5.97. The molecule has 4 heterocycles. The van der Waals surface area contributed by atoms with E-state index in [1.807, 2.05) is 45.0 Å². The van der Waals surface area contributed by atoms with E-state index in [4.69, 9.17) is 18.9 Å². The number of carbonyl (C=O) groups excluding carboxylic acids is 3. The molecule has 0 unspecified atom stereocenters. The zero-order valence-corrected chi connectivity index (χ0v) is 21.3. The van der Waals surface area contributed by atoms with Crippen LogP contribution in [0.1, 0.15) is 26.3 Å². The maximum absolute atomic E-state index is 12.9. The Hall–Kier alpha value is -4.02. The second-order valence-electron chi connectivity index (χ2n) is 10.3. The number of nitrogens with zero attached hydrogens (tertiary/aromatic N) is 4. The molecule has 2 atom stereocenters. The lowest BCUT2D eigenvalue weighted by molar-refractivity contribution is -0.121. The summed E-state index contributed by atoms with van der Waals surface area (Å²) in [5, 5.41) is 0. The maximum atomic E-state index is 12.9. The summed E-state index contributed by atoms with van der Waals surface area (Å²) in [6, 6.07) is 10.8. The van der Waals surface area contributed by atoms with Crippen LogP contribution in [0.15, 0.2) is 36.4 Å². The number of anilines is 2. The number of fused-ring (bicyclic) bond motifs is 2. The molecular formula is C26H30N4O7. The first kappa shape index (κ1) is 24.7. The Morgan fingerprint density at radius 2 is 1.84 bits per heavy atom. The van der Waals surface area contributed by atoms with Gasteiger partial charge in [-0.2, -0.15) is 0 Å². The van der Waals surface area contributed by atoms with Gasteiger partial charge in [-0.05, 0) is 50.6 Å². The number of hydrogen-bond donors (Lipinski definition) is 0. The van der Waals surface area contributed by atoms with Crippen molar-refractivity contribution in [1.82, 2.24) is 9.88 Å². The molecule has 0 bridgehead atoms. The average molecular weight is 511 g/mol. The zero-order chi connectivity index (χ0) is 26.3. The van der Waals surface area contributed by atoms with Gasteiger partial charge in [0.25, 0.3) is 5.91 Å². The van der Waals surface area contributed by atoms with Crippen LogP contribution in [-0.4, -0.2) is 73.0 Å². The highest BCUT2D eigenvalue weighted by atomic mass is 16.6. The molecule has 2 saturated heterocycles. The number of aromatic nitrogens is 1. The smallest absolute Gasteiger partial charge is 0.415 e. The minimum absolute atomic E-state index is 0.0970. The van der Waals surface area contributed by atoms with Crippen molar-refractivity contribution in [2.24, 2.45) is 5.92 Å². The van der Waals surface area contributed by atoms with Crippen LogP contribution in [0.4, 0.5) is 21.2 Å². The quantitative estimate of drug-likeness (QED) is 0.617. The predicted octanol–water partition coefficient (Wildman–Crippen LogP) is 3.21. The Kier molecular flexibility index (Phi) is 6.30. The monoisotopic (exact) mass is 510 g/mol. The SMILES string of the molecule is COc1ccc(CN2C(=O)COc3ccc(N4C[C@@H]5CN(C(=O)OC(C)(C)C)C[C@H]5OC4=O)nc32)cc1. The molecule has 3 amide bonds. The lowest BCUT2D eigenvalue weighted by atomic mass is 10.0. The van der Waals surface area contributed by atoms with Crippen molar-refractivity contribution in [3.63, 3.8) is 0 Å². The van der Waals surface area contributed by atoms with Crippen molar-refractivity contribution in [3.05, 3.63) is 42.0 Å². The van der Waals surface area contributed by atoms with Crippen molar-refractivity contribution in [3.8, 4) is 11.5 Å². The summed E-state index contributed by atoms with van der Waals surface area (Å²) in [7, 11) is 1.59. The third kappa shape index (κ3) is 5.11. The zero-order valence-electron chi connectivity index (χ0n) is 21.3. The van der Waals surface area contributed by atoms with Gasteiger partial charge in [0.15, 0.2) is 18.2 Å². The molecule has 2 fully saturated rings. The van der Waals surface area contributed by atoms with E-state index in [1.54, 1.807) is 29.0 Å². The molecule has 11 nitrogen and oxygen atoms in total. The van der Waals surface area contributed by atoms with E-state index >= 15 is 0 Å². The van der Waals surface area contributed by atoms with Gasteiger partial charge in [0.05, 0.1) is 20.2 Å². The molecule has 1 aromatic carbocycles. The number of methoxy groups -OCH3 is 1. The van der Waals surface area contributed by atoms with Crippen LogP contribution in [-0.2, 0) is 20.8 Å². The van der Waals surface area contributed by atoms with E-state index in [0.717, 1.165) is 11.3 Å². The molecule has 0 saturated carbocycles. The second kappa shape index (κ2) is 9.45. The maximum Gasteiger partial charge on any atom is 0.415 e. The summed E-state index contributed by atoms with van der Waals surface area (Å²) in [4.78, 5) is 47.4. The van der Waals surface area contributed by atoms with Gasteiger partial charge < -0.3 is 23.8 Å². The molecule has 37 heavy (non-hydrogen) atoms. The van der Waals surface area contributed by atoms with Crippen molar-refractivity contribution in [2.45, 2.75) is 39.0 Å². The van der Waals surface area contributed by atoms with Crippen LogP contribution in [0.5, 0.6) is 11.5 Å². The predicted molar refractivity (Wildman–Crippen MR) is 133 cm³/mol. The van der Waals surface area contributed by atoms with Crippen LogP contribution in [0.3, 0.4) is 0 Å². The van der Waals surface area contributed by atoms with Crippen molar-refractivity contribution in [2.75, 3.05) is 43.2 Å². The van der Waals surface area contributed by atoms with E-state index in [1.165, 1.54) is 4.90 Å². The van der Waals surface area contributed by atoms with Crippen LogP contribution in [0.25, 0.3) is 0 Å². The number of rotatable bonds is 4. The summed E-state index contributed by atoms with van der Waals surface area (Å²) in [5.41, 5.74) is 0.278. The molecule has 1 aromatic heterocycles. The minimum Gasteiger partial charge on any atom is -0.497 e. The first-order valence-electron chi connectivity index (χ1n) is 12.1. The van der Waals surface area contributed by atoms with Gasteiger partial charge in [-0.3, -0.25) is 14.6 Å². The van der Waals surface area contributed by atoms with E-state index in [2.05, 4.69) is 4.98 Å². The van der Waals surface area contributed by atoms with Crippen LogP contribution < -0.4 is 19.3 Å². The van der Waals surface area contributed by atoms with Gasteiger partial charge in [-0.1, -0.05) is 12.1 Å². The number of hydrogen-bond acceptors (Lipinski definition) is 8. The Labute approximate surface area is 214 Å². The van der Waals surface area contributed by atoms with Crippen molar-refractivity contribution >= 4 is 29.7 Å². The number of benzene rings is 1. The third-order valence-corrected chi connectivity index (χ3v) is 6.43. The van der Waals surface area contributed by atoms with Gasteiger partial charge in [-0.15, -0.1) is 0 Å². The molecule has 5 rings (SSSR count). The molecule has 3 aliphatic rings. The molecular weight excluding hydrogens is 480 g/mol. The molecule has 2 aromatic rings. The molecule has 0 aliphatic carbocycles. The largest absolute Gasteiger partial charge is 0.497 e. The number of likely N-dealkylation sites (tertiary alicyclic amines) is 1. The number of ether oxygens (including phenoxy) is 4. The fraction of sp³-hybridized carbons (Fsp3) is 0.462. The Bertz CT molecular complexity index is 1210. The lowest BCUT2D eigenvalue weighted by Crippen LogP contribution is -2.48. The molecule has 0 spiro atoms. The second-order valence-corrected chi connectivity index (χ2v) is 10.3. The van der Waals surface area contributed by atoms with Gasteiger partial charge in [0, 0.05) is 19.0 Å². The van der Waals surface area contributed by atoms with Gasteiger partial charge in [-0.25, -0.2) is 14.6 Å². The number of pyridine rings is 1. The van der Waals surface area contributed by atoms with Crippen LogP contribution in [0.2, 0.25) is 0 Å². The number of carbonyl (C=O) groups is 3. The van der Waals surface area contributed by atoms with Crippen LogP contribution in [0, 0.1) is 5.92 Å². The van der Waals surface area contributed by atoms with E-state index in [-0.39, 0.29) is 31.5 Å².